The highest BCUT2D eigenvalue weighted by Crippen LogP contribution is 2.25. The molecule has 17 heavy (non-hydrogen) atoms. The molecule has 2 rings (SSSR count). The van der Waals surface area contributed by atoms with Crippen LogP contribution >= 0.6 is 0 Å². The van der Waals surface area contributed by atoms with Gasteiger partial charge in [-0.05, 0) is 37.0 Å². The summed E-state index contributed by atoms with van der Waals surface area (Å²) in [5.74, 6) is -0.118. The zero-order chi connectivity index (χ0) is 12.1. The van der Waals surface area contributed by atoms with Gasteiger partial charge in [0.1, 0.15) is 0 Å². The van der Waals surface area contributed by atoms with Gasteiger partial charge in [-0.25, -0.2) is 0 Å². The molecule has 0 saturated carbocycles. The number of nitrogens with one attached hydrogen (secondary N) is 1. The Kier molecular flexibility index (Phi) is 3.81. The first-order chi connectivity index (χ1) is 8.29. The number of esters is 1. The number of hydrogen-bond acceptors (Lipinski definition) is 3. The molecule has 1 N–H and O–H groups in total. The first-order valence-corrected chi connectivity index (χ1v) is 5.97. The number of benzene rings is 1. The zero-order valence-electron chi connectivity index (χ0n) is 10.0. The average molecular weight is 231 g/mol. The lowest BCUT2D eigenvalue weighted by Crippen LogP contribution is -2.08. The minimum Gasteiger partial charge on any atom is -0.466 e. The molecule has 0 aromatic heterocycles. The summed E-state index contributed by atoms with van der Waals surface area (Å²) < 4.78 is 4.92. The normalized spacial score (nSPS) is 13.4. The molecular formula is C14H17NO2. The number of para-hydroxylation sites is 1. The molecule has 0 amide bonds. The first kappa shape index (κ1) is 11.7. The summed E-state index contributed by atoms with van der Waals surface area (Å²) in [4.78, 5) is 11.3. The van der Waals surface area contributed by atoms with E-state index in [1.807, 2.05) is 25.3 Å². The molecule has 0 bridgehead atoms. The molecule has 1 aromatic rings. The molecule has 0 atom stereocenters. The smallest absolute Gasteiger partial charge is 0.306 e. The summed E-state index contributed by atoms with van der Waals surface area (Å²) in [7, 11) is 0. The molecule has 3 heteroatoms. The van der Waals surface area contributed by atoms with Crippen molar-refractivity contribution in [1.82, 2.24) is 0 Å². The van der Waals surface area contributed by atoms with E-state index in [-0.39, 0.29) is 5.97 Å². The Morgan fingerprint density at radius 1 is 1.41 bits per heavy atom. The van der Waals surface area contributed by atoms with Crippen LogP contribution in [0.3, 0.4) is 0 Å². The maximum absolute atomic E-state index is 11.3. The molecular weight excluding hydrogens is 214 g/mol. The molecule has 1 aromatic carbocycles. The molecule has 1 aliphatic rings. The summed E-state index contributed by atoms with van der Waals surface area (Å²) >= 11 is 0. The third kappa shape index (κ3) is 3.09. The van der Waals surface area contributed by atoms with Crippen LogP contribution in [0.4, 0.5) is 5.69 Å². The summed E-state index contributed by atoms with van der Waals surface area (Å²) in [6.07, 6.45) is 4.15. The topological polar surface area (TPSA) is 38.3 Å². The molecule has 0 saturated heterocycles. The van der Waals surface area contributed by atoms with Crippen molar-refractivity contribution in [3.63, 3.8) is 0 Å². The highest BCUT2D eigenvalue weighted by atomic mass is 16.5. The quantitative estimate of drug-likeness (QED) is 0.810. The third-order valence-corrected chi connectivity index (χ3v) is 2.82. The van der Waals surface area contributed by atoms with Crippen LogP contribution in [0.2, 0.25) is 0 Å². The van der Waals surface area contributed by atoms with E-state index in [1.165, 1.54) is 11.1 Å². The van der Waals surface area contributed by atoms with Crippen molar-refractivity contribution in [2.45, 2.75) is 26.2 Å². The Balaban J connectivity index is 1.89. The van der Waals surface area contributed by atoms with Gasteiger partial charge in [0, 0.05) is 18.3 Å². The Morgan fingerprint density at radius 3 is 3.06 bits per heavy atom. The van der Waals surface area contributed by atoms with E-state index in [1.54, 1.807) is 0 Å². The van der Waals surface area contributed by atoms with Crippen LogP contribution in [0.1, 0.15) is 25.3 Å². The van der Waals surface area contributed by atoms with Gasteiger partial charge in [0.05, 0.1) is 6.61 Å². The van der Waals surface area contributed by atoms with Gasteiger partial charge < -0.3 is 10.1 Å². The molecule has 0 radical (unpaired) electrons. The second-order valence-corrected chi connectivity index (χ2v) is 4.09. The largest absolute Gasteiger partial charge is 0.466 e. The molecule has 0 aliphatic carbocycles. The predicted octanol–water partition coefficient (Wildman–Crippen LogP) is 2.88. The van der Waals surface area contributed by atoms with E-state index < -0.39 is 0 Å². The molecule has 1 heterocycles. The van der Waals surface area contributed by atoms with E-state index in [4.69, 9.17) is 4.74 Å². The summed E-state index contributed by atoms with van der Waals surface area (Å²) in [5.41, 5.74) is 3.69. The SMILES string of the molecule is CCOC(=O)CCC1=CNc2ccccc2C1. The van der Waals surface area contributed by atoms with Crippen molar-refractivity contribution in [2.24, 2.45) is 0 Å². The van der Waals surface area contributed by atoms with Crippen molar-refractivity contribution < 1.29 is 9.53 Å². The Hall–Kier alpha value is -1.77. The lowest BCUT2D eigenvalue weighted by Gasteiger charge is -2.17. The highest BCUT2D eigenvalue weighted by Gasteiger charge is 2.11. The number of carbonyl (C=O) groups is 1. The highest BCUT2D eigenvalue weighted by molar-refractivity contribution is 5.70. The van der Waals surface area contributed by atoms with Gasteiger partial charge in [-0.1, -0.05) is 18.2 Å². The van der Waals surface area contributed by atoms with Crippen LogP contribution < -0.4 is 5.32 Å². The maximum Gasteiger partial charge on any atom is 0.306 e. The van der Waals surface area contributed by atoms with Crippen LogP contribution in [0.15, 0.2) is 36.0 Å². The van der Waals surface area contributed by atoms with Crippen molar-refractivity contribution in [3.05, 3.63) is 41.6 Å². The van der Waals surface area contributed by atoms with Crippen LogP contribution in [0.25, 0.3) is 0 Å². The molecule has 0 unspecified atom stereocenters. The van der Waals surface area contributed by atoms with Crippen LogP contribution in [0, 0.1) is 0 Å². The average Bonchev–Trinajstić information content (AvgIpc) is 2.36. The fourth-order valence-corrected chi connectivity index (χ4v) is 1.95. The second-order valence-electron chi connectivity index (χ2n) is 4.09. The number of carbonyl (C=O) groups excluding carboxylic acids is 1. The van der Waals surface area contributed by atoms with Crippen LogP contribution in [0.5, 0.6) is 0 Å². The number of ether oxygens (including phenoxy) is 1. The van der Waals surface area contributed by atoms with E-state index in [9.17, 15) is 4.79 Å². The summed E-state index contributed by atoms with van der Waals surface area (Å²) in [6.45, 7) is 2.29. The van der Waals surface area contributed by atoms with Gasteiger partial charge in [0.25, 0.3) is 0 Å². The van der Waals surface area contributed by atoms with E-state index >= 15 is 0 Å². The van der Waals surface area contributed by atoms with Crippen molar-refractivity contribution in [2.75, 3.05) is 11.9 Å². The second kappa shape index (κ2) is 5.53. The summed E-state index contributed by atoms with van der Waals surface area (Å²) in [5, 5.41) is 3.25. The van der Waals surface area contributed by atoms with Gasteiger partial charge in [-0.3, -0.25) is 4.79 Å². The van der Waals surface area contributed by atoms with Crippen LogP contribution in [-0.2, 0) is 16.0 Å². The maximum atomic E-state index is 11.3. The minimum absolute atomic E-state index is 0.118. The number of fused-ring (bicyclic) bond motifs is 1. The summed E-state index contributed by atoms with van der Waals surface area (Å²) in [6, 6.07) is 8.23. The van der Waals surface area contributed by atoms with E-state index in [0.29, 0.717) is 13.0 Å². The van der Waals surface area contributed by atoms with Crippen molar-refractivity contribution in [3.8, 4) is 0 Å². The number of allylic oxidation sites excluding steroid dienone is 1. The van der Waals surface area contributed by atoms with E-state index in [2.05, 4.69) is 17.4 Å². The lowest BCUT2D eigenvalue weighted by atomic mass is 9.98. The van der Waals surface area contributed by atoms with Gasteiger partial charge in [-0.15, -0.1) is 0 Å². The molecule has 0 spiro atoms. The molecule has 3 nitrogen and oxygen atoms in total. The molecule has 1 aliphatic heterocycles. The van der Waals surface area contributed by atoms with Gasteiger partial charge in [-0.2, -0.15) is 0 Å². The third-order valence-electron chi connectivity index (χ3n) is 2.82. The molecule has 0 fully saturated rings. The Bertz CT molecular complexity index is 438. The van der Waals surface area contributed by atoms with Gasteiger partial charge in [0.2, 0.25) is 0 Å². The standard InChI is InChI=1S/C14H17NO2/c1-2-17-14(16)8-7-11-9-12-5-3-4-6-13(12)15-10-11/h3-6,10,15H,2,7-9H2,1H3. The lowest BCUT2D eigenvalue weighted by molar-refractivity contribution is -0.143. The zero-order valence-corrected chi connectivity index (χ0v) is 10.0. The predicted molar refractivity (Wildman–Crippen MR) is 67.7 cm³/mol. The minimum atomic E-state index is -0.118. The monoisotopic (exact) mass is 231 g/mol. The fraction of sp³-hybridized carbons (Fsp3) is 0.357. The van der Waals surface area contributed by atoms with Gasteiger partial charge >= 0.3 is 5.97 Å². The van der Waals surface area contributed by atoms with E-state index in [0.717, 1.165) is 18.5 Å². The number of anilines is 1. The van der Waals surface area contributed by atoms with Crippen LogP contribution in [-0.4, -0.2) is 12.6 Å². The van der Waals surface area contributed by atoms with Crippen molar-refractivity contribution in [1.29, 1.82) is 0 Å². The molecule has 90 valence electrons. The Labute approximate surface area is 101 Å². The number of rotatable bonds is 4. The Morgan fingerprint density at radius 2 is 2.24 bits per heavy atom. The van der Waals surface area contributed by atoms with Crippen molar-refractivity contribution >= 4 is 11.7 Å². The number of hydrogen-bond donors (Lipinski definition) is 1. The first-order valence-electron chi connectivity index (χ1n) is 5.97. The van der Waals surface area contributed by atoms with Gasteiger partial charge in [0.15, 0.2) is 0 Å². The fourth-order valence-electron chi connectivity index (χ4n) is 1.95.